The van der Waals surface area contributed by atoms with Gasteiger partial charge in [0.15, 0.2) is 11.5 Å². The second-order valence-corrected chi connectivity index (χ2v) is 11.3. The van der Waals surface area contributed by atoms with Gasteiger partial charge < -0.3 is 19.3 Å². The minimum Gasteiger partial charge on any atom is -0.477 e. The molecule has 38 heavy (non-hydrogen) atoms. The van der Waals surface area contributed by atoms with Gasteiger partial charge in [-0.1, -0.05) is 47.6 Å². The van der Waals surface area contributed by atoms with E-state index < -0.39 is 35.0 Å². The van der Waals surface area contributed by atoms with Crippen LogP contribution in [-0.2, 0) is 30.3 Å². The van der Waals surface area contributed by atoms with Gasteiger partial charge in [0.1, 0.15) is 0 Å². The fraction of sp³-hybridized carbons (Fsp3) is 0.655. The summed E-state index contributed by atoms with van der Waals surface area (Å²) in [6.45, 7) is 16.4. The Morgan fingerprint density at radius 1 is 0.895 bits per heavy atom. The lowest BCUT2D eigenvalue weighted by Gasteiger charge is -2.35. The average molecular weight is 536 g/mol. The molecule has 0 saturated carbocycles. The van der Waals surface area contributed by atoms with Gasteiger partial charge in [0.05, 0.1) is 5.41 Å². The van der Waals surface area contributed by atoms with Crippen molar-refractivity contribution in [3.8, 4) is 11.5 Å². The summed E-state index contributed by atoms with van der Waals surface area (Å²) < 4.78 is 16.7. The average Bonchev–Trinajstić information content (AvgIpc) is 2.79. The fourth-order valence-corrected chi connectivity index (χ4v) is 3.35. The molecule has 1 rings (SSSR count). The molecule has 0 aliphatic carbocycles. The van der Waals surface area contributed by atoms with Gasteiger partial charge in [0.2, 0.25) is 0 Å². The van der Waals surface area contributed by atoms with Crippen molar-refractivity contribution in [3.63, 3.8) is 0 Å². The van der Waals surface area contributed by atoms with Crippen LogP contribution in [0.15, 0.2) is 18.2 Å². The van der Waals surface area contributed by atoms with Crippen LogP contribution in [-0.4, -0.2) is 40.8 Å². The van der Waals surface area contributed by atoms with Gasteiger partial charge in [0, 0.05) is 25.3 Å². The minimum absolute atomic E-state index is 0.00620. The molecule has 1 unspecified atom stereocenters. The summed E-state index contributed by atoms with van der Waals surface area (Å²) in [5.41, 5.74) is -2.57. The van der Waals surface area contributed by atoms with E-state index in [4.69, 9.17) is 14.2 Å². The van der Waals surface area contributed by atoms with Gasteiger partial charge in [-0.05, 0) is 63.1 Å². The lowest BCUT2D eigenvalue weighted by atomic mass is 9.90. The highest BCUT2D eigenvalue weighted by molar-refractivity contribution is 5.84. The molecule has 2 N–H and O–H groups in total. The Morgan fingerprint density at radius 2 is 1.42 bits per heavy atom. The van der Waals surface area contributed by atoms with Gasteiger partial charge in [-0.15, -0.1) is 0 Å². The second kappa shape index (κ2) is 14.3. The van der Waals surface area contributed by atoms with E-state index >= 15 is 0 Å². The molecule has 0 aliphatic heterocycles. The van der Waals surface area contributed by atoms with Crippen LogP contribution in [0.5, 0.6) is 11.5 Å². The van der Waals surface area contributed by atoms with Crippen LogP contribution in [0.1, 0.15) is 93.6 Å². The van der Waals surface area contributed by atoms with E-state index in [2.05, 4.69) is 5.32 Å². The number of carboxylic acids is 1. The van der Waals surface area contributed by atoms with Crippen LogP contribution in [0.25, 0.3) is 0 Å². The monoisotopic (exact) mass is 535 g/mol. The zero-order valence-corrected chi connectivity index (χ0v) is 24.3. The Hall–Kier alpha value is -2.94. The van der Waals surface area contributed by atoms with Crippen molar-refractivity contribution in [1.82, 2.24) is 5.32 Å². The third-order valence-corrected chi connectivity index (χ3v) is 6.20. The van der Waals surface area contributed by atoms with Crippen molar-refractivity contribution in [2.75, 3.05) is 0 Å². The first kappa shape index (κ1) is 33.1. The predicted octanol–water partition coefficient (Wildman–Crippen LogP) is 5.28. The van der Waals surface area contributed by atoms with Gasteiger partial charge >= 0.3 is 23.9 Å². The third kappa shape index (κ3) is 10.1. The maximum absolute atomic E-state index is 13.0. The molecule has 0 spiro atoms. The summed E-state index contributed by atoms with van der Waals surface area (Å²) in [4.78, 5) is 50.4. The van der Waals surface area contributed by atoms with Crippen molar-refractivity contribution in [2.24, 2.45) is 17.3 Å². The van der Waals surface area contributed by atoms with Crippen LogP contribution in [0.4, 0.5) is 0 Å². The molecule has 0 aromatic heterocycles. The van der Waals surface area contributed by atoms with E-state index in [0.29, 0.717) is 18.4 Å². The number of esters is 3. The molecule has 2 atom stereocenters. The summed E-state index contributed by atoms with van der Waals surface area (Å²) in [7, 11) is 0. The molecule has 0 fully saturated rings. The highest BCUT2D eigenvalue weighted by Gasteiger charge is 2.46. The molecule has 9 heteroatoms. The van der Waals surface area contributed by atoms with E-state index in [0.717, 1.165) is 0 Å². The largest absolute Gasteiger partial charge is 0.477 e. The number of carbonyl (C=O) groups excluding carboxylic acids is 3. The number of nitrogens with one attached hydrogen (secondary N) is 1. The third-order valence-electron chi connectivity index (χ3n) is 6.20. The summed E-state index contributed by atoms with van der Waals surface area (Å²) in [6, 6.07) is 4.18. The number of hydrogen-bond donors (Lipinski definition) is 2. The lowest BCUT2D eigenvalue weighted by molar-refractivity contribution is -0.191. The Labute approximate surface area is 226 Å². The highest BCUT2D eigenvalue weighted by Crippen LogP contribution is 2.33. The molecular formula is C29H45NO8. The molecule has 214 valence electrons. The van der Waals surface area contributed by atoms with Crippen molar-refractivity contribution in [2.45, 2.75) is 106 Å². The van der Waals surface area contributed by atoms with Gasteiger partial charge in [-0.3, -0.25) is 19.7 Å². The molecule has 0 bridgehead atoms. The van der Waals surface area contributed by atoms with Crippen LogP contribution in [0.2, 0.25) is 0 Å². The maximum Gasteiger partial charge on any atom is 0.364 e. The Morgan fingerprint density at radius 3 is 1.87 bits per heavy atom. The molecule has 0 amide bonds. The first-order valence-corrected chi connectivity index (χ1v) is 13.3. The van der Waals surface area contributed by atoms with E-state index in [9.17, 15) is 24.3 Å². The number of carboxylic acid groups (broad SMARTS) is 1. The lowest BCUT2D eigenvalue weighted by Crippen LogP contribution is -2.60. The zero-order valence-electron chi connectivity index (χ0n) is 24.3. The highest BCUT2D eigenvalue weighted by atomic mass is 16.6. The van der Waals surface area contributed by atoms with Crippen LogP contribution in [0, 0.1) is 17.3 Å². The number of carbonyl (C=O) groups is 4. The molecule has 1 aromatic rings. The first-order valence-electron chi connectivity index (χ1n) is 13.3. The molecule has 0 radical (unpaired) electrons. The quantitative estimate of drug-likeness (QED) is 0.175. The van der Waals surface area contributed by atoms with E-state index in [-0.39, 0.29) is 48.6 Å². The van der Waals surface area contributed by atoms with Crippen molar-refractivity contribution < 1.29 is 38.5 Å². The predicted molar refractivity (Wildman–Crippen MR) is 144 cm³/mol. The smallest absolute Gasteiger partial charge is 0.364 e. The SMILES string of the molecule is CCC(C)N[C@@](Cc1ccc(OC(=O)CC(C)C)c(OC(=O)CC(C)C)c1)(OC(=O)C(C)(C)CC)C(=O)O. The number of rotatable bonds is 15. The topological polar surface area (TPSA) is 128 Å². The molecule has 9 nitrogen and oxygen atoms in total. The number of aliphatic carboxylic acids is 1. The zero-order chi connectivity index (χ0) is 29.3. The van der Waals surface area contributed by atoms with Gasteiger partial charge in [-0.2, -0.15) is 0 Å². The molecule has 0 aliphatic rings. The Bertz CT molecular complexity index is 985. The molecule has 1 aromatic carbocycles. The molecule has 0 heterocycles. The summed E-state index contributed by atoms with van der Waals surface area (Å²) >= 11 is 0. The minimum atomic E-state index is -2.08. The summed E-state index contributed by atoms with van der Waals surface area (Å²) in [5, 5.41) is 13.3. The van der Waals surface area contributed by atoms with Crippen molar-refractivity contribution in [3.05, 3.63) is 23.8 Å². The number of benzene rings is 1. The van der Waals surface area contributed by atoms with Gasteiger partial charge in [0.25, 0.3) is 5.72 Å². The maximum atomic E-state index is 13.0. The summed E-state index contributed by atoms with van der Waals surface area (Å²) in [5.74, 6) is -2.86. The molecule has 0 saturated heterocycles. The normalized spacial score (nSPS) is 14.1. The Kier molecular flexibility index (Phi) is 12.4. The van der Waals surface area contributed by atoms with E-state index in [1.165, 1.54) is 12.1 Å². The van der Waals surface area contributed by atoms with Gasteiger partial charge in [-0.25, -0.2) is 4.79 Å². The Balaban J connectivity index is 3.52. The van der Waals surface area contributed by atoms with Crippen LogP contribution >= 0.6 is 0 Å². The van der Waals surface area contributed by atoms with Crippen LogP contribution in [0.3, 0.4) is 0 Å². The fourth-order valence-electron chi connectivity index (χ4n) is 3.35. The first-order chi connectivity index (χ1) is 17.5. The standard InChI is InChI=1S/C29H45NO8/c1-10-20(7)30-29(26(33)34,38-27(35)28(8,9)11-2)17-21-12-13-22(36-24(31)14-18(3)4)23(16-21)37-25(32)15-19(5)6/h12-13,16,18-20,30H,10-11,14-15,17H2,1-9H3,(H,33,34)/t20?,29-/m0/s1. The second-order valence-electron chi connectivity index (χ2n) is 11.3. The number of ether oxygens (including phenoxy) is 3. The van der Waals surface area contributed by atoms with Crippen LogP contribution < -0.4 is 14.8 Å². The van der Waals surface area contributed by atoms with Crippen molar-refractivity contribution in [1.29, 1.82) is 0 Å². The summed E-state index contributed by atoms with van der Waals surface area (Å²) in [6.07, 6.45) is 1.10. The van der Waals surface area contributed by atoms with E-state index in [1.54, 1.807) is 26.8 Å². The number of hydrogen-bond acceptors (Lipinski definition) is 8. The van der Waals surface area contributed by atoms with E-state index in [1.807, 2.05) is 41.5 Å². The van der Waals surface area contributed by atoms with Crippen molar-refractivity contribution >= 4 is 23.9 Å². The molecular weight excluding hydrogens is 490 g/mol.